The van der Waals surface area contributed by atoms with E-state index in [1.807, 2.05) is 30.3 Å². The predicted octanol–water partition coefficient (Wildman–Crippen LogP) is 6.02. The Morgan fingerprint density at radius 2 is 1.46 bits per heavy atom. The average molecular weight is 755 g/mol. The zero-order valence-electron chi connectivity index (χ0n) is 31.6. The number of nitrogens with one attached hydrogen (secondary N) is 1. The number of rotatable bonds is 7. The summed E-state index contributed by atoms with van der Waals surface area (Å²) in [6.45, 7) is 7.38. The number of anilines is 2. The molecule has 0 saturated carbocycles. The number of aromatic nitrogens is 1. The van der Waals surface area contributed by atoms with Crippen molar-refractivity contribution >= 4 is 40.2 Å². The van der Waals surface area contributed by atoms with E-state index < -0.39 is 12.0 Å². The van der Waals surface area contributed by atoms with E-state index in [0.29, 0.717) is 24.4 Å². The molecule has 0 bridgehead atoms. The van der Waals surface area contributed by atoms with E-state index in [2.05, 4.69) is 55.3 Å². The van der Waals surface area contributed by atoms with E-state index in [-0.39, 0.29) is 29.9 Å². The molecule has 56 heavy (non-hydrogen) atoms. The van der Waals surface area contributed by atoms with Gasteiger partial charge < -0.3 is 19.8 Å². The third-order valence-corrected chi connectivity index (χ3v) is 12.5. The monoisotopic (exact) mass is 754 g/mol. The van der Waals surface area contributed by atoms with E-state index in [4.69, 9.17) is 0 Å². The van der Waals surface area contributed by atoms with E-state index in [1.54, 1.807) is 17.2 Å². The summed E-state index contributed by atoms with van der Waals surface area (Å²) in [4.78, 5) is 50.3. The molecule has 3 fully saturated rings. The van der Waals surface area contributed by atoms with Crippen LogP contribution in [0.3, 0.4) is 0 Å². The van der Waals surface area contributed by atoms with E-state index >= 15 is 0 Å². The molecule has 288 valence electrons. The SMILES string of the molecule is O=C1CC[C@H](N2Cc3cc(N4CCN(CC5CCN(c6ccc(C7=C(c8ccc(F)nc8)CCCc8cc(O)ccc87)cc6)CC5)CC4)ccc3C2=O)C(=O)N1. The summed E-state index contributed by atoms with van der Waals surface area (Å²) < 4.78 is 13.8. The third-order valence-electron chi connectivity index (χ3n) is 12.5. The van der Waals surface area contributed by atoms with Gasteiger partial charge in [0.25, 0.3) is 5.91 Å². The number of benzene rings is 3. The van der Waals surface area contributed by atoms with Gasteiger partial charge in [0.05, 0.1) is 0 Å². The molecule has 1 atom stereocenters. The highest BCUT2D eigenvalue weighted by molar-refractivity contribution is 6.05. The summed E-state index contributed by atoms with van der Waals surface area (Å²) in [5.74, 6) is -0.354. The summed E-state index contributed by atoms with van der Waals surface area (Å²) in [5.41, 5.74) is 10.5. The lowest BCUT2D eigenvalue weighted by Gasteiger charge is -2.40. The smallest absolute Gasteiger partial charge is 0.255 e. The fourth-order valence-electron chi connectivity index (χ4n) is 9.47. The number of phenols is 1. The van der Waals surface area contributed by atoms with Gasteiger partial charge >= 0.3 is 0 Å². The quantitative estimate of drug-likeness (QED) is 0.174. The number of pyridine rings is 1. The van der Waals surface area contributed by atoms with Crippen LogP contribution < -0.4 is 15.1 Å². The van der Waals surface area contributed by atoms with Gasteiger partial charge in [0.2, 0.25) is 17.8 Å². The van der Waals surface area contributed by atoms with Crippen molar-refractivity contribution in [3.05, 3.63) is 118 Å². The number of fused-ring (bicyclic) bond motifs is 2. The van der Waals surface area contributed by atoms with E-state index in [9.17, 15) is 23.9 Å². The van der Waals surface area contributed by atoms with Crippen LogP contribution in [-0.4, -0.2) is 89.5 Å². The molecule has 4 aliphatic heterocycles. The maximum atomic E-state index is 13.8. The molecule has 10 nitrogen and oxygen atoms in total. The highest BCUT2D eigenvalue weighted by Gasteiger charge is 2.39. The van der Waals surface area contributed by atoms with Crippen molar-refractivity contribution in [2.45, 2.75) is 57.5 Å². The first-order valence-corrected chi connectivity index (χ1v) is 20.0. The van der Waals surface area contributed by atoms with Gasteiger partial charge in [0, 0.05) is 81.9 Å². The Morgan fingerprint density at radius 3 is 2.21 bits per heavy atom. The van der Waals surface area contributed by atoms with Gasteiger partial charge in [0.15, 0.2) is 0 Å². The number of carbonyl (C=O) groups is 3. The number of aryl methyl sites for hydroxylation is 1. The lowest BCUT2D eigenvalue weighted by molar-refractivity contribution is -0.136. The molecule has 3 aromatic carbocycles. The second-order valence-electron chi connectivity index (χ2n) is 15.9. The Labute approximate surface area is 326 Å². The second kappa shape index (κ2) is 15.2. The van der Waals surface area contributed by atoms with E-state index in [1.165, 1.54) is 11.8 Å². The van der Waals surface area contributed by atoms with Gasteiger partial charge in [-0.1, -0.05) is 18.2 Å². The van der Waals surface area contributed by atoms with Gasteiger partial charge in [-0.25, -0.2) is 4.98 Å². The minimum atomic E-state index is -0.598. The van der Waals surface area contributed by atoms with Crippen LogP contribution in [0, 0.1) is 11.9 Å². The highest BCUT2D eigenvalue weighted by Crippen LogP contribution is 2.41. The van der Waals surface area contributed by atoms with Gasteiger partial charge in [-0.05, 0) is 138 Å². The predicted molar refractivity (Wildman–Crippen MR) is 214 cm³/mol. The summed E-state index contributed by atoms with van der Waals surface area (Å²) in [7, 11) is 0. The summed E-state index contributed by atoms with van der Waals surface area (Å²) in [5, 5.41) is 12.7. The molecule has 3 amide bonds. The van der Waals surface area contributed by atoms with Crippen LogP contribution >= 0.6 is 0 Å². The minimum Gasteiger partial charge on any atom is -0.508 e. The van der Waals surface area contributed by atoms with Crippen molar-refractivity contribution in [3.8, 4) is 5.75 Å². The Morgan fingerprint density at radius 1 is 0.732 bits per heavy atom. The number of piperazine rings is 1. The van der Waals surface area contributed by atoms with Crippen LogP contribution in [0.5, 0.6) is 5.75 Å². The van der Waals surface area contributed by atoms with Gasteiger partial charge in [-0.3, -0.25) is 24.6 Å². The van der Waals surface area contributed by atoms with Crippen molar-refractivity contribution in [2.24, 2.45) is 5.92 Å². The molecule has 5 heterocycles. The first-order valence-electron chi connectivity index (χ1n) is 20.0. The highest BCUT2D eigenvalue weighted by atomic mass is 19.1. The second-order valence-corrected chi connectivity index (χ2v) is 15.9. The molecule has 1 aliphatic carbocycles. The zero-order valence-corrected chi connectivity index (χ0v) is 31.6. The van der Waals surface area contributed by atoms with Crippen LogP contribution in [0.1, 0.15) is 76.7 Å². The number of carbonyl (C=O) groups excluding carboxylic acids is 3. The molecule has 0 spiro atoms. The summed E-state index contributed by atoms with van der Waals surface area (Å²) >= 11 is 0. The summed E-state index contributed by atoms with van der Waals surface area (Å²) in [6, 6.07) is 23.2. The first-order chi connectivity index (χ1) is 27.3. The lowest BCUT2D eigenvalue weighted by atomic mass is 9.88. The fraction of sp³-hybridized carbons (Fsp3) is 0.378. The maximum absolute atomic E-state index is 13.8. The summed E-state index contributed by atoms with van der Waals surface area (Å²) in [6.07, 6.45) is 7.18. The number of piperidine rings is 2. The van der Waals surface area contributed by atoms with Crippen LogP contribution in [-0.2, 0) is 22.6 Å². The lowest BCUT2D eigenvalue weighted by Crippen LogP contribution is -2.52. The Kier molecular flexibility index (Phi) is 9.79. The third kappa shape index (κ3) is 7.16. The number of allylic oxidation sites excluding steroid dienone is 1. The number of phenolic OH excluding ortho intramolecular Hbond substituents is 1. The number of hydrogen-bond acceptors (Lipinski definition) is 8. The normalized spacial score (nSPS) is 20.9. The Bertz CT molecular complexity index is 2190. The van der Waals surface area contributed by atoms with Crippen molar-refractivity contribution in [1.29, 1.82) is 0 Å². The minimum absolute atomic E-state index is 0.134. The molecule has 1 aromatic heterocycles. The number of hydrogen-bond donors (Lipinski definition) is 2. The van der Waals surface area contributed by atoms with Crippen molar-refractivity contribution in [2.75, 3.05) is 55.6 Å². The number of amides is 3. The molecule has 0 radical (unpaired) electrons. The Hall–Kier alpha value is -5.55. The molecular formula is C45H47FN6O4. The van der Waals surface area contributed by atoms with Crippen LogP contribution in [0.15, 0.2) is 79.0 Å². The molecule has 4 aromatic rings. The van der Waals surface area contributed by atoms with Crippen molar-refractivity contribution in [3.63, 3.8) is 0 Å². The first kappa shape index (κ1) is 36.1. The molecule has 5 aliphatic rings. The average Bonchev–Trinajstić information content (AvgIpc) is 3.41. The number of aromatic hydroxyl groups is 1. The van der Waals surface area contributed by atoms with Crippen LogP contribution in [0.4, 0.5) is 15.8 Å². The fourth-order valence-corrected chi connectivity index (χ4v) is 9.47. The molecule has 2 N–H and O–H groups in total. The number of halogens is 1. The number of imide groups is 1. The van der Waals surface area contributed by atoms with Crippen molar-refractivity contribution < 1.29 is 23.9 Å². The molecule has 11 heteroatoms. The molecular weight excluding hydrogens is 708 g/mol. The molecule has 3 saturated heterocycles. The molecule has 9 rings (SSSR count). The largest absolute Gasteiger partial charge is 0.508 e. The zero-order chi connectivity index (χ0) is 38.3. The van der Waals surface area contributed by atoms with Crippen molar-refractivity contribution in [1.82, 2.24) is 20.1 Å². The maximum Gasteiger partial charge on any atom is 0.255 e. The number of nitrogens with zero attached hydrogens (tertiary/aromatic N) is 5. The van der Waals surface area contributed by atoms with Crippen LogP contribution in [0.25, 0.3) is 11.1 Å². The standard InChI is InChI=1S/C45H47FN6O4/c46-41-14-6-32(26-47-41)37-3-1-2-31-25-36(53)10-12-38(31)43(37)30-4-7-34(8-5-30)50-18-16-29(17-19-50)27-49-20-22-51(23-21-49)35-9-11-39-33(24-35)28-52(45(39)56)40-13-15-42(54)48-44(40)55/h4-12,14,24-26,29,40,53H,1-3,13,15-23,27-28H2,(H,48,54,55)/t40-/m0/s1. The van der Waals surface area contributed by atoms with Gasteiger partial charge in [0.1, 0.15) is 11.8 Å². The topological polar surface area (TPSA) is 109 Å². The molecule has 0 unspecified atom stereocenters. The van der Waals surface area contributed by atoms with E-state index in [0.717, 1.165) is 123 Å². The van der Waals surface area contributed by atoms with Crippen LogP contribution in [0.2, 0.25) is 0 Å². The van der Waals surface area contributed by atoms with Gasteiger partial charge in [-0.15, -0.1) is 0 Å². The van der Waals surface area contributed by atoms with Gasteiger partial charge in [-0.2, -0.15) is 4.39 Å². The Balaban J connectivity index is 0.802.